The fourth-order valence-corrected chi connectivity index (χ4v) is 2.66. The molecule has 2 aromatic rings. The molecule has 0 aliphatic carbocycles. The van der Waals surface area contributed by atoms with Crippen LogP contribution in [0.5, 0.6) is 0 Å². The maximum absolute atomic E-state index is 13.2. The summed E-state index contributed by atoms with van der Waals surface area (Å²) in [5.74, 6) is -0.398. The van der Waals surface area contributed by atoms with E-state index < -0.39 is 0 Å². The van der Waals surface area contributed by atoms with E-state index in [1.165, 1.54) is 12.1 Å². The smallest absolute Gasteiger partial charge is 0.258 e. The van der Waals surface area contributed by atoms with Crippen LogP contribution in [0.4, 0.5) is 10.1 Å². The lowest BCUT2D eigenvalue weighted by Gasteiger charge is -2.17. The van der Waals surface area contributed by atoms with Gasteiger partial charge in [-0.05, 0) is 60.9 Å². The van der Waals surface area contributed by atoms with Gasteiger partial charge in [0.2, 0.25) is 0 Å². The molecule has 104 valence electrons. The number of carbonyl (C=O) groups is 1. The molecule has 0 fully saturated rings. The molecule has 0 N–H and O–H groups in total. The molecule has 21 heavy (non-hydrogen) atoms. The summed E-state index contributed by atoms with van der Waals surface area (Å²) in [5, 5.41) is 8.93. The van der Waals surface area contributed by atoms with Gasteiger partial charge in [0.15, 0.2) is 0 Å². The minimum atomic E-state index is -0.280. The van der Waals surface area contributed by atoms with Crippen LogP contribution in [0.15, 0.2) is 36.4 Å². The van der Waals surface area contributed by atoms with Gasteiger partial charge in [-0.1, -0.05) is 0 Å². The van der Waals surface area contributed by atoms with Crippen molar-refractivity contribution in [1.82, 2.24) is 0 Å². The largest absolute Gasteiger partial charge is 0.308 e. The molecule has 1 aliphatic rings. The van der Waals surface area contributed by atoms with Gasteiger partial charge in [0, 0.05) is 17.8 Å². The Bertz CT molecular complexity index is 777. The first kappa shape index (κ1) is 13.3. The van der Waals surface area contributed by atoms with Crippen LogP contribution in [0.25, 0.3) is 0 Å². The minimum absolute atomic E-state index is 0.118. The number of hydrogen-bond acceptors (Lipinski definition) is 2. The van der Waals surface area contributed by atoms with E-state index in [1.807, 2.05) is 6.92 Å². The van der Waals surface area contributed by atoms with Gasteiger partial charge in [-0.2, -0.15) is 5.26 Å². The Morgan fingerprint density at radius 3 is 2.81 bits per heavy atom. The predicted molar refractivity (Wildman–Crippen MR) is 77.7 cm³/mol. The van der Waals surface area contributed by atoms with Crippen LogP contribution in [-0.4, -0.2) is 12.5 Å². The third-order valence-electron chi connectivity index (χ3n) is 3.78. The van der Waals surface area contributed by atoms with Gasteiger partial charge < -0.3 is 4.90 Å². The molecule has 0 atom stereocenters. The first-order chi connectivity index (χ1) is 10.1. The van der Waals surface area contributed by atoms with Crippen molar-refractivity contribution in [3.8, 4) is 6.07 Å². The second-order valence-electron chi connectivity index (χ2n) is 5.12. The van der Waals surface area contributed by atoms with Crippen LogP contribution < -0.4 is 4.90 Å². The third-order valence-corrected chi connectivity index (χ3v) is 3.78. The molecular formula is C17H13FN2O. The molecule has 0 unspecified atom stereocenters. The molecule has 3 rings (SSSR count). The molecule has 1 aliphatic heterocycles. The fourth-order valence-electron chi connectivity index (χ4n) is 2.66. The van der Waals surface area contributed by atoms with Crippen molar-refractivity contribution >= 4 is 11.6 Å². The van der Waals surface area contributed by atoms with E-state index >= 15 is 0 Å². The van der Waals surface area contributed by atoms with Crippen molar-refractivity contribution < 1.29 is 9.18 Å². The molecule has 3 nitrogen and oxygen atoms in total. The molecular weight excluding hydrogens is 267 g/mol. The number of aryl methyl sites for hydroxylation is 1. The number of fused-ring (bicyclic) bond motifs is 1. The van der Waals surface area contributed by atoms with E-state index in [1.54, 1.807) is 29.2 Å². The SMILES string of the molecule is Cc1cc(C(=O)N2CCc3cc(F)ccc32)ccc1C#N. The van der Waals surface area contributed by atoms with Gasteiger partial charge in [-0.15, -0.1) is 0 Å². The Labute approximate surface area is 122 Å². The normalized spacial score (nSPS) is 12.9. The fraction of sp³-hybridized carbons (Fsp3) is 0.176. The van der Waals surface area contributed by atoms with Crippen molar-refractivity contribution in [3.63, 3.8) is 0 Å². The number of rotatable bonds is 1. The third kappa shape index (κ3) is 2.27. The molecule has 0 saturated heterocycles. The minimum Gasteiger partial charge on any atom is -0.308 e. The highest BCUT2D eigenvalue weighted by Gasteiger charge is 2.26. The summed E-state index contributed by atoms with van der Waals surface area (Å²) in [6, 6.07) is 11.6. The van der Waals surface area contributed by atoms with Gasteiger partial charge >= 0.3 is 0 Å². The van der Waals surface area contributed by atoms with E-state index in [9.17, 15) is 9.18 Å². The lowest BCUT2D eigenvalue weighted by atomic mass is 10.1. The zero-order valence-corrected chi connectivity index (χ0v) is 11.6. The van der Waals surface area contributed by atoms with Crippen molar-refractivity contribution in [1.29, 1.82) is 5.26 Å². The Hall–Kier alpha value is -2.67. The Morgan fingerprint density at radius 2 is 2.10 bits per heavy atom. The van der Waals surface area contributed by atoms with Gasteiger partial charge in [-0.25, -0.2) is 4.39 Å². The topological polar surface area (TPSA) is 44.1 Å². The highest BCUT2D eigenvalue weighted by Crippen LogP contribution is 2.30. The summed E-state index contributed by atoms with van der Waals surface area (Å²) < 4.78 is 13.2. The monoisotopic (exact) mass is 280 g/mol. The Kier molecular flexibility index (Phi) is 3.19. The van der Waals surface area contributed by atoms with Crippen molar-refractivity contribution in [2.75, 3.05) is 11.4 Å². The second-order valence-corrected chi connectivity index (χ2v) is 5.12. The lowest BCUT2D eigenvalue weighted by molar-refractivity contribution is 0.0989. The van der Waals surface area contributed by atoms with Gasteiger partial charge in [-0.3, -0.25) is 4.79 Å². The first-order valence-electron chi connectivity index (χ1n) is 6.71. The molecule has 0 radical (unpaired) electrons. The molecule has 0 saturated carbocycles. The van der Waals surface area contributed by atoms with Crippen molar-refractivity contribution in [2.24, 2.45) is 0 Å². The van der Waals surface area contributed by atoms with E-state index in [0.29, 0.717) is 24.1 Å². The van der Waals surface area contributed by atoms with Gasteiger partial charge in [0.1, 0.15) is 5.82 Å². The van der Waals surface area contributed by atoms with Crippen LogP contribution in [-0.2, 0) is 6.42 Å². The number of nitrogens with zero attached hydrogens (tertiary/aromatic N) is 2. The summed E-state index contributed by atoms with van der Waals surface area (Å²) >= 11 is 0. The number of halogens is 1. The number of benzene rings is 2. The van der Waals surface area contributed by atoms with Crippen molar-refractivity contribution in [3.05, 3.63) is 64.5 Å². The maximum Gasteiger partial charge on any atom is 0.258 e. The van der Waals surface area contributed by atoms with E-state index in [-0.39, 0.29) is 11.7 Å². The summed E-state index contributed by atoms with van der Waals surface area (Å²) in [7, 11) is 0. The molecule has 2 aromatic carbocycles. The van der Waals surface area contributed by atoms with Crippen LogP contribution in [0, 0.1) is 24.1 Å². The van der Waals surface area contributed by atoms with E-state index in [0.717, 1.165) is 16.8 Å². The number of hydrogen-bond donors (Lipinski definition) is 0. The van der Waals surface area contributed by atoms with Crippen LogP contribution >= 0.6 is 0 Å². The number of anilines is 1. The zero-order chi connectivity index (χ0) is 15.0. The summed E-state index contributed by atoms with van der Waals surface area (Å²) in [6.45, 7) is 2.36. The molecule has 0 spiro atoms. The average Bonchev–Trinajstić information content (AvgIpc) is 2.89. The second kappa shape index (κ2) is 5.02. The maximum atomic E-state index is 13.2. The predicted octanol–water partition coefficient (Wildman–Crippen LogP) is 3.21. The van der Waals surface area contributed by atoms with Crippen LogP contribution in [0.3, 0.4) is 0 Å². The average molecular weight is 280 g/mol. The van der Waals surface area contributed by atoms with E-state index in [2.05, 4.69) is 6.07 Å². The highest BCUT2D eigenvalue weighted by molar-refractivity contribution is 6.07. The standard InChI is InChI=1S/C17H13FN2O/c1-11-8-13(2-3-14(11)10-19)17(21)20-7-6-12-9-15(18)4-5-16(12)20/h2-5,8-9H,6-7H2,1H3. The van der Waals surface area contributed by atoms with Crippen LogP contribution in [0.2, 0.25) is 0 Å². The zero-order valence-electron chi connectivity index (χ0n) is 11.6. The summed E-state index contributed by atoms with van der Waals surface area (Å²) in [6.07, 6.45) is 0.661. The number of amides is 1. The lowest BCUT2D eigenvalue weighted by Crippen LogP contribution is -2.28. The number of nitriles is 1. The molecule has 0 bridgehead atoms. The quantitative estimate of drug-likeness (QED) is 0.805. The van der Waals surface area contributed by atoms with Gasteiger partial charge in [0.25, 0.3) is 5.91 Å². The Balaban J connectivity index is 1.95. The van der Waals surface area contributed by atoms with E-state index in [4.69, 9.17) is 5.26 Å². The van der Waals surface area contributed by atoms with Crippen LogP contribution in [0.1, 0.15) is 27.0 Å². The first-order valence-corrected chi connectivity index (χ1v) is 6.71. The molecule has 1 heterocycles. The van der Waals surface area contributed by atoms with Crippen molar-refractivity contribution in [2.45, 2.75) is 13.3 Å². The summed E-state index contributed by atoms with van der Waals surface area (Å²) in [5.41, 5.74) is 3.51. The molecule has 4 heteroatoms. The molecule has 0 aromatic heterocycles. The van der Waals surface area contributed by atoms with Gasteiger partial charge in [0.05, 0.1) is 11.6 Å². The summed E-state index contributed by atoms with van der Waals surface area (Å²) in [4.78, 5) is 14.3. The molecule has 1 amide bonds. The highest BCUT2D eigenvalue weighted by atomic mass is 19.1. The Morgan fingerprint density at radius 1 is 1.29 bits per heavy atom. The number of carbonyl (C=O) groups excluding carboxylic acids is 1.